The summed E-state index contributed by atoms with van der Waals surface area (Å²) in [4.78, 5) is 2.63. The quantitative estimate of drug-likeness (QED) is 0.653. The third kappa shape index (κ3) is 2.24. The Labute approximate surface area is 85.1 Å². The van der Waals surface area contributed by atoms with Gasteiger partial charge in [-0.3, -0.25) is 4.98 Å². The van der Waals surface area contributed by atoms with Crippen molar-refractivity contribution in [3.8, 4) is 6.07 Å². The summed E-state index contributed by atoms with van der Waals surface area (Å²) in [7, 11) is 0. The first-order valence-corrected chi connectivity index (χ1v) is 3.71. The Kier molecular flexibility index (Phi) is 2.81. The molecule has 1 aromatic heterocycles. The van der Waals surface area contributed by atoms with Crippen LogP contribution in [0.3, 0.4) is 0 Å². The van der Waals surface area contributed by atoms with Crippen LogP contribution in [-0.2, 0) is 12.4 Å². The Balaban J connectivity index is 3.59. The fraction of sp³-hybridized carbons (Fsp3) is 0.250. The Bertz CT molecular complexity index is 439. The van der Waals surface area contributed by atoms with E-state index in [0.29, 0.717) is 12.3 Å². The van der Waals surface area contributed by atoms with Gasteiger partial charge < -0.3 is 0 Å². The number of halogens is 6. The fourth-order valence-electron chi connectivity index (χ4n) is 1.06. The summed E-state index contributed by atoms with van der Waals surface area (Å²) < 4.78 is 73.7. The second-order valence-corrected chi connectivity index (χ2v) is 2.69. The Morgan fingerprint density at radius 3 is 2.00 bits per heavy atom. The molecular weight excluding hydrogens is 238 g/mol. The first-order chi connectivity index (χ1) is 7.18. The second kappa shape index (κ2) is 3.66. The lowest BCUT2D eigenvalue weighted by atomic mass is 10.1. The molecule has 0 bridgehead atoms. The number of alkyl halides is 6. The molecule has 2 nitrogen and oxygen atoms in total. The third-order valence-corrected chi connectivity index (χ3v) is 1.62. The fourth-order valence-corrected chi connectivity index (χ4v) is 1.06. The molecule has 0 radical (unpaired) electrons. The number of nitrogens with zero attached hydrogens (tertiary/aromatic N) is 2. The van der Waals surface area contributed by atoms with Crippen LogP contribution in [0.25, 0.3) is 0 Å². The SMILES string of the molecule is N#Cc1ccnc(C(F)(F)F)c1C(F)(F)F. The molecule has 0 atom stereocenters. The van der Waals surface area contributed by atoms with E-state index in [1.54, 1.807) is 0 Å². The molecule has 1 rings (SSSR count). The van der Waals surface area contributed by atoms with Gasteiger partial charge >= 0.3 is 12.4 Å². The molecule has 1 aromatic rings. The molecule has 0 fully saturated rings. The van der Waals surface area contributed by atoms with E-state index in [9.17, 15) is 26.3 Å². The van der Waals surface area contributed by atoms with Gasteiger partial charge in [0.2, 0.25) is 0 Å². The van der Waals surface area contributed by atoms with Crippen LogP contribution >= 0.6 is 0 Å². The number of nitriles is 1. The van der Waals surface area contributed by atoms with Gasteiger partial charge in [0.1, 0.15) is 5.56 Å². The summed E-state index contributed by atoms with van der Waals surface area (Å²) in [5.74, 6) is 0. The lowest BCUT2D eigenvalue weighted by Gasteiger charge is -2.14. The van der Waals surface area contributed by atoms with Gasteiger partial charge in [0.15, 0.2) is 5.69 Å². The Morgan fingerprint density at radius 1 is 1.06 bits per heavy atom. The van der Waals surface area contributed by atoms with Gasteiger partial charge in [-0.25, -0.2) is 0 Å². The molecule has 0 aliphatic heterocycles. The molecule has 0 saturated heterocycles. The summed E-state index contributed by atoms with van der Waals surface area (Å²) in [6, 6.07) is 1.64. The molecule has 1 heterocycles. The van der Waals surface area contributed by atoms with Crippen LogP contribution < -0.4 is 0 Å². The van der Waals surface area contributed by atoms with Crippen molar-refractivity contribution in [1.82, 2.24) is 4.98 Å². The highest BCUT2D eigenvalue weighted by atomic mass is 19.4. The lowest BCUT2D eigenvalue weighted by molar-refractivity contribution is -0.164. The van der Waals surface area contributed by atoms with E-state index in [1.165, 1.54) is 0 Å². The Hall–Kier alpha value is -1.78. The Morgan fingerprint density at radius 2 is 1.62 bits per heavy atom. The molecule has 0 saturated carbocycles. The molecular formula is C8H2F6N2. The molecule has 0 aliphatic carbocycles. The molecule has 0 amide bonds. The number of hydrogen-bond donors (Lipinski definition) is 0. The maximum absolute atomic E-state index is 12.3. The standard InChI is InChI=1S/C8H2F6N2/c9-7(10,11)5-4(3-15)1-2-16-6(5)8(12,13)14/h1-2H. The predicted molar refractivity (Wildman–Crippen MR) is 39.0 cm³/mol. The van der Waals surface area contributed by atoms with Crippen molar-refractivity contribution in [1.29, 1.82) is 5.26 Å². The van der Waals surface area contributed by atoms with Crippen LogP contribution in [0.1, 0.15) is 16.8 Å². The van der Waals surface area contributed by atoms with Gasteiger partial charge in [-0.15, -0.1) is 0 Å². The molecule has 0 N–H and O–H groups in total. The highest BCUT2D eigenvalue weighted by Crippen LogP contribution is 2.40. The van der Waals surface area contributed by atoms with E-state index in [4.69, 9.17) is 5.26 Å². The highest BCUT2D eigenvalue weighted by molar-refractivity contribution is 5.42. The van der Waals surface area contributed by atoms with Gasteiger partial charge in [0.05, 0.1) is 11.6 Å². The minimum absolute atomic E-state index is 0.511. The van der Waals surface area contributed by atoms with Crippen LogP contribution in [0, 0.1) is 11.3 Å². The van der Waals surface area contributed by atoms with Gasteiger partial charge in [-0.05, 0) is 6.07 Å². The van der Waals surface area contributed by atoms with Crippen LogP contribution in [0.2, 0.25) is 0 Å². The van der Waals surface area contributed by atoms with Crippen molar-refractivity contribution in [2.75, 3.05) is 0 Å². The average molecular weight is 240 g/mol. The zero-order valence-electron chi connectivity index (χ0n) is 7.32. The summed E-state index contributed by atoms with van der Waals surface area (Å²) in [6.45, 7) is 0. The smallest absolute Gasteiger partial charge is 0.251 e. The summed E-state index contributed by atoms with van der Waals surface area (Å²) in [5.41, 5.74) is -5.25. The second-order valence-electron chi connectivity index (χ2n) is 2.69. The summed E-state index contributed by atoms with van der Waals surface area (Å²) in [6.07, 6.45) is -10.0. The van der Waals surface area contributed by atoms with Crippen molar-refractivity contribution in [3.63, 3.8) is 0 Å². The first kappa shape index (κ1) is 12.3. The third-order valence-electron chi connectivity index (χ3n) is 1.62. The number of rotatable bonds is 0. The summed E-state index contributed by atoms with van der Waals surface area (Å²) >= 11 is 0. The normalized spacial score (nSPS) is 12.3. The van der Waals surface area contributed by atoms with Gasteiger partial charge in [-0.1, -0.05) is 0 Å². The molecule has 86 valence electrons. The van der Waals surface area contributed by atoms with Gasteiger partial charge in [0, 0.05) is 6.20 Å². The molecule has 0 spiro atoms. The van der Waals surface area contributed by atoms with Crippen molar-refractivity contribution >= 4 is 0 Å². The number of hydrogen-bond acceptors (Lipinski definition) is 2. The number of aromatic nitrogens is 1. The topological polar surface area (TPSA) is 36.7 Å². The highest BCUT2D eigenvalue weighted by Gasteiger charge is 2.46. The zero-order valence-corrected chi connectivity index (χ0v) is 7.32. The van der Waals surface area contributed by atoms with Crippen LogP contribution in [0.15, 0.2) is 12.3 Å². The minimum Gasteiger partial charge on any atom is -0.251 e. The van der Waals surface area contributed by atoms with E-state index in [2.05, 4.69) is 4.98 Å². The van der Waals surface area contributed by atoms with Crippen LogP contribution in [-0.4, -0.2) is 4.98 Å². The van der Waals surface area contributed by atoms with E-state index >= 15 is 0 Å². The monoisotopic (exact) mass is 240 g/mol. The van der Waals surface area contributed by atoms with Crippen LogP contribution in [0.5, 0.6) is 0 Å². The molecule has 16 heavy (non-hydrogen) atoms. The first-order valence-electron chi connectivity index (χ1n) is 3.71. The maximum Gasteiger partial charge on any atom is 0.433 e. The minimum atomic E-state index is -5.27. The largest absolute Gasteiger partial charge is 0.433 e. The lowest BCUT2D eigenvalue weighted by Crippen LogP contribution is -2.20. The van der Waals surface area contributed by atoms with Crippen molar-refractivity contribution in [2.45, 2.75) is 12.4 Å². The molecule has 8 heteroatoms. The van der Waals surface area contributed by atoms with Crippen molar-refractivity contribution in [2.24, 2.45) is 0 Å². The molecule has 0 unspecified atom stereocenters. The van der Waals surface area contributed by atoms with E-state index in [0.717, 1.165) is 6.07 Å². The number of pyridine rings is 1. The van der Waals surface area contributed by atoms with Crippen LogP contribution in [0.4, 0.5) is 26.3 Å². The molecule has 0 aromatic carbocycles. The van der Waals surface area contributed by atoms with Crippen molar-refractivity contribution in [3.05, 3.63) is 29.1 Å². The van der Waals surface area contributed by atoms with Gasteiger partial charge in [0.25, 0.3) is 0 Å². The summed E-state index contributed by atoms with van der Waals surface area (Å²) in [5, 5.41) is 8.33. The predicted octanol–water partition coefficient (Wildman–Crippen LogP) is 2.99. The van der Waals surface area contributed by atoms with E-state index < -0.39 is 29.2 Å². The van der Waals surface area contributed by atoms with Gasteiger partial charge in [-0.2, -0.15) is 31.6 Å². The van der Waals surface area contributed by atoms with E-state index in [-0.39, 0.29) is 0 Å². The molecule has 0 aliphatic rings. The maximum atomic E-state index is 12.3. The van der Waals surface area contributed by atoms with E-state index in [1.807, 2.05) is 0 Å². The average Bonchev–Trinajstić information content (AvgIpc) is 2.13. The van der Waals surface area contributed by atoms with Crippen molar-refractivity contribution < 1.29 is 26.3 Å². The zero-order chi connectivity index (χ0) is 12.6.